The summed E-state index contributed by atoms with van der Waals surface area (Å²) < 4.78 is 4.93. The second-order valence-electron chi connectivity index (χ2n) is 5.48. The Morgan fingerprint density at radius 1 is 1.24 bits per heavy atom. The van der Waals surface area contributed by atoms with E-state index in [1.807, 2.05) is 30.3 Å². The van der Waals surface area contributed by atoms with Gasteiger partial charge in [0.2, 0.25) is 5.91 Å². The van der Waals surface area contributed by atoms with Crippen LogP contribution in [0, 0.1) is 0 Å². The van der Waals surface area contributed by atoms with Gasteiger partial charge in [-0.2, -0.15) is 0 Å². The van der Waals surface area contributed by atoms with Gasteiger partial charge in [0.1, 0.15) is 6.61 Å². The normalized spacial score (nSPS) is 13.6. The molecule has 3 rings (SSSR count). The van der Waals surface area contributed by atoms with E-state index in [0.29, 0.717) is 35.3 Å². The molecule has 7 heteroatoms. The summed E-state index contributed by atoms with van der Waals surface area (Å²) in [6.07, 6.45) is -0.359. The Balaban J connectivity index is 1.50. The number of nitrogens with zero attached hydrogens (tertiary/aromatic N) is 1. The summed E-state index contributed by atoms with van der Waals surface area (Å²) >= 11 is 7.38. The summed E-state index contributed by atoms with van der Waals surface area (Å²) in [4.78, 5) is 25.3. The first kappa shape index (κ1) is 17.6. The maximum Gasteiger partial charge on any atom is 0.414 e. The first-order valence-electron chi connectivity index (χ1n) is 7.78. The standard InChI is InChI=1S/C18H17ClN2O3S/c19-14-6-4-13(5-7-14)11-25-12-17(22)20-15-2-1-3-16(10-15)21-8-9-24-18(21)23/h1-7,10H,8-9,11-12H2,(H,20,22). The van der Waals surface area contributed by atoms with Gasteiger partial charge in [-0.3, -0.25) is 9.69 Å². The van der Waals surface area contributed by atoms with E-state index >= 15 is 0 Å². The summed E-state index contributed by atoms with van der Waals surface area (Å²) in [6, 6.07) is 14.8. The van der Waals surface area contributed by atoms with E-state index in [0.717, 1.165) is 11.3 Å². The lowest BCUT2D eigenvalue weighted by Crippen LogP contribution is -2.23. The molecule has 0 atom stereocenters. The molecule has 1 aliphatic rings. The lowest BCUT2D eigenvalue weighted by atomic mass is 10.2. The van der Waals surface area contributed by atoms with Crippen LogP contribution in [0.25, 0.3) is 0 Å². The molecule has 2 amide bonds. The van der Waals surface area contributed by atoms with Gasteiger partial charge in [0.25, 0.3) is 0 Å². The monoisotopic (exact) mass is 376 g/mol. The molecule has 0 radical (unpaired) electrons. The number of carbonyl (C=O) groups excluding carboxylic acids is 2. The van der Waals surface area contributed by atoms with E-state index in [4.69, 9.17) is 16.3 Å². The number of amides is 2. The number of thioether (sulfide) groups is 1. The van der Waals surface area contributed by atoms with Gasteiger partial charge in [-0.25, -0.2) is 4.79 Å². The summed E-state index contributed by atoms with van der Waals surface area (Å²) in [7, 11) is 0. The van der Waals surface area contributed by atoms with Crippen LogP contribution in [0.1, 0.15) is 5.56 Å². The molecule has 0 aliphatic carbocycles. The largest absolute Gasteiger partial charge is 0.447 e. The summed E-state index contributed by atoms with van der Waals surface area (Å²) in [6.45, 7) is 0.907. The van der Waals surface area contributed by atoms with Crippen LogP contribution in [0.15, 0.2) is 48.5 Å². The Kier molecular flexibility index (Phi) is 5.83. The Hall–Kier alpha value is -2.18. The van der Waals surface area contributed by atoms with Crippen molar-refractivity contribution in [3.63, 3.8) is 0 Å². The predicted octanol–water partition coefficient (Wildman–Crippen LogP) is 4.17. The van der Waals surface area contributed by atoms with Gasteiger partial charge in [0.15, 0.2) is 0 Å². The van der Waals surface area contributed by atoms with Gasteiger partial charge in [-0.15, -0.1) is 11.8 Å². The van der Waals surface area contributed by atoms with Gasteiger partial charge >= 0.3 is 6.09 Å². The highest BCUT2D eigenvalue weighted by atomic mass is 35.5. The highest BCUT2D eigenvalue weighted by molar-refractivity contribution is 7.99. The smallest absolute Gasteiger partial charge is 0.414 e. The first-order valence-corrected chi connectivity index (χ1v) is 9.31. The number of nitrogens with one attached hydrogen (secondary N) is 1. The second kappa shape index (κ2) is 8.27. The summed E-state index contributed by atoms with van der Waals surface area (Å²) in [5.74, 6) is 1.00. The summed E-state index contributed by atoms with van der Waals surface area (Å²) in [5.41, 5.74) is 2.50. The van der Waals surface area contributed by atoms with Crippen LogP contribution in [0.5, 0.6) is 0 Å². The average Bonchev–Trinajstić information content (AvgIpc) is 3.03. The number of cyclic esters (lactones) is 1. The van der Waals surface area contributed by atoms with E-state index in [9.17, 15) is 9.59 Å². The Bertz CT molecular complexity index is 767. The van der Waals surface area contributed by atoms with Crippen LogP contribution in [0.3, 0.4) is 0 Å². The Morgan fingerprint density at radius 3 is 2.76 bits per heavy atom. The quantitative estimate of drug-likeness (QED) is 0.822. The summed E-state index contributed by atoms with van der Waals surface area (Å²) in [5, 5.41) is 3.56. The zero-order valence-electron chi connectivity index (χ0n) is 13.4. The minimum Gasteiger partial charge on any atom is -0.447 e. The zero-order valence-corrected chi connectivity index (χ0v) is 15.0. The number of hydrogen-bond acceptors (Lipinski definition) is 4. The number of ether oxygens (including phenoxy) is 1. The minimum atomic E-state index is -0.359. The van der Waals surface area contributed by atoms with Gasteiger partial charge in [-0.05, 0) is 35.9 Å². The van der Waals surface area contributed by atoms with Crippen LogP contribution in [0.4, 0.5) is 16.2 Å². The van der Waals surface area contributed by atoms with Crippen LogP contribution in [-0.4, -0.2) is 30.9 Å². The van der Waals surface area contributed by atoms with Gasteiger partial charge in [-0.1, -0.05) is 29.8 Å². The molecule has 0 bridgehead atoms. The van der Waals surface area contributed by atoms with E-state index in [2.05, 4.69) is 5.32 Å². The molecule has 0 saturated carbocycles. The fraction of sp³-hybridized carbons (Fsp3) is 0.222. The Labute approximate surface area is 155 Å². The fourth-order valence-electron chi connectivity index (χ4n) is 2.42. The molecule has 25 heavy (non-hydrogen) atoms. The van der Waals surface area contributed by atoms with Crippen LogP contribution in [-0.2, 0) is 15.3 Å². The number of halogens is 1. The van der Waals surface area contributed by atoms with Crippen molar-refractivity contribution in [3.8, 4) is 0 Å². The molecule has 2 aromatic carbocycles. The number of carbonyl (C=O) groups is 2. The van der Waals surface area contributed by atoms with Crippen LogP contribution in [0.2, 0.25) is 5.02 Å². The zero-order chi connectivity index (χ0) is 17.6. The van der Waals surface area contributed by atoms with Crippen molar-refractivity contribution in [1.82, 2.24) is 0 Å². The molecule has 130 valence electrons. The minimum absolute atomic E-state index is 0.0832. The molecule has 0 unspecified atom stereocenters. The lowest BCUT2D eigenvalue weighted by molar-refractivity contribution is -0.113. The highest BCUT2D eigenvalue weighted by Gasteiger charge is 2.23. The van der Waals surface area contributed by atoms with Crippen molar-refractivity contribution in [2.45, 2.75) is 5.75 Å². The number of hydrogen-bond donors (Lipinski definition) is 1. The molecule has 1 fully saturated rings. The fourth-order valence-corrected chi connectivity index (χ4v) is 3.33. The number of anilines is 2. The first-order chi connectivity index (χ1) is 12.1. The van der Waals surface area contributed by atoms with Crippen molar-refractivity contribution >= 4 is 46.7 Å². The third kappa shape index (κ3) is 4.90. The lowest BCUT2D eigenvalue weighted by Gasteiger charge is -2.14. The topological polar surface area (TPSA) is 58.6 Å². The van der Waals surface area contributed by atoms with Gasteiger partial charge in [0.05, 0.1) is 12.3 Å². The number of rotatable bonds is 6. The molecule has 5 nitrogen and oxygen atoms in total. The molecular weight excluding hydrogens is 360 g/mol. The Morgan fingerprint density at radius 2 is 2.04 bits per heavy atom. The maximum atomic E-state index is 12.1. The molecule has 1 aliphatic heterocycles. The average molecular weight is 377 g/mol. The molecule has 1 heterocycles. The van der Waals surface area contributed by atoms with Crippen molar-refractivity contribution in [2.24, 2.45) is 0 Å². The highest BCUT2D eigenvalue weighted by Crippen LogP contribution is 2.23. The van der Waals surface area contributed by atoms with E-state index in [1.54, 1.807) is 23.1 Å². The van der Waals surface area contributed by atoms with E-state index < -0.39 is 0 Å². The second-order valence-corrected chi connectivity index (χ2v) is 6.91. The maximum absolute atomic E-state index is 12.1. The molecule has 2 aromatic rings. The molecular formula is C18H17ClN2O3S. The van der Waals surface area contributed by atoms with Crippen molar-refractivity contribution in [3.05, 3.63) is 59.1 Å². The molecule has 1 N–H and O–H groups in total. The van der Waals surface area contributed by atoms with E-state index in [-0.39, 0.29) is 12.0 Å². The van der Waals surface area contributed by atoms with Crippen molar-refractivity contribution in [2.75, 3.05) is 29.1 Å². The van der Waals surface area contributed by atoms with Crippen LogP contribution < -0.4 is 10.2 Å². The van der Waals surface area contributed by atoms with Gasteiger partial charge < -0.3 is 10.1 Å². The predicted molar refractivity (Wildman–Crippen MR) is 101 cm³/mol. The van der Waals surface area contributed by atoms with Gasteiger partial charge in [0, 0.05) is 22.2 Å². The molecule has 0 spiro atoms. The van der Waals surface area contributed by atoms with Crippen molar-refractivity contribution in [1.29, 1.82) is 0 Å². The van der Waals surface area contributed by atoms with Crippen LogP contribution >= 0.6 is 23.4 Å². The van der Waals surface area contributed by atoms with Crippen molar-refractivity contribution < 1.29 is 14.3 Å². The third-order valence-corrected chi connectivity index (χ3v) is 4.87. The number of benzene rings is 2. The SMILES string of the molecule is O=C(CSCc1ccc(Cl)cc1)Nc1cccc(N2CCOC2=O)c1. The third-order valence-electron chi connectivity index (χ3n) is 3.62. The molecule has 0 aromatic heterocycles. The molecule has 1 saturated heterocycles. The van der Waals surface area contributed by atoms with E-state index in [1.165, 1.54) is 11.8 Å².